The minimum absolute atomic E-state index is 0.302. The van der Waals surface area contributed by atoms with Gasteiger partial charge in [0.15, 0.2) is 0 Å². The van der Waals surface area contributed by atoms with Gasteiger partial charge in [-0.1, -0.05) is 12.1 Å². The van der Waals surface area contributed by atoms with Crippen LogP contribution in [0.2, 0.25) is 0 Å². The van der Waals surface area contributed by atoms with Gasteiger partial charge < -0.3 is 20.1 Å². The third-order valence-corrected chi connectivity index (χ3v) is 7.24. The molecule has 3 saturated heterocycles. The van der Waals surface area contributed by atoms with Crippen molar-refractivity contribution in [2.24, 2.45) is 21.9 Å². The van der Waals surface area contributed by atoms with Crippen LogP contribution in [0, 0.1) is 11.8 Å². The summed E-state index contributed by atoms with van der Waals surface area (Å²) in [6, 6.07) is 8.41. The second-order valence-corrected chi connectivity index (χ2v) is 9.10. The van der Waals surface area contributed by atoms with Crippen LogP contribution in [0.15, 0.2) is 46.0 Å². The van der Waals surface area contributed by atoms with Crippen LogP contribution in [0.3, 0.4) is 0 Å². The zero-order valence-electron chi connectivity index (χ0n) is 18.5. The summed E-state index contributed by atoms with van der Waals surface area (Å²) in [7, 11) is 1.65. The number of hydrazone groups is 1. The van der Waals surface area contributed by atoms with Crippen LogP contribution in [-0.2, 0) is 11.3 Å². The maximum atomic E-state index is 11.9. The Balaban J connectivity index is 1.29. The second-order valence-electron chi connectivity index (χ2n) is 9.10. The summed E-state index contributed by atoms with van der Waals surface area (Å²) in [6.45, 7) is 4.96. The number of hydrogen-bond donors (Lipinski definition) is 2. The number of fused-ring (bicyclic) bond motifs is 4. The molecule has 0 spiro atoms. The fraction of sp³-hybridized carbons (Fsp3) is 0.542. The van der Waals surface area contributed by atoms with E-state index in [-0.39, 0.29) is 12.1 Å². The SMILES string of the molecule is COc1ccc(CN2N=C(CCNC3CN4CCC3CC4)C3C(C(=O)O)=CC=NC32)cc1. The van der Waals surface area contributed by atoms with Gasteiger partial charge in [-0.3, -0.25) is 10.0 Å². The number of aliphatic imine (C=N–C) groups is 1. The number of rotatable bonds is 8. The van der Waals surface area contributed by atoms with Crippen molar-refractivity contribution in [3.8, 4) is 5.75 Å². The molecule has 5 heterocycles. The number of benzene rings is 1. The molecule has 2 N–H and O–H groups in total. The molecule has 170 valence electrons. The fourth-order valence-electron chi connectivity index (χ4n) is 5.49. The molecule has 0 amide bonds. The molecule has 0 aromatic heterocycles. The lowest BCUT2D eigenvalue weighted by atomic mass is 9.84. The van der Waals surface area contributed by atoms with Gasteiger partial charge in [-0.25, -0.2) is 4.79 Å². The Kier molecular flexibility index (Phi) is 5.97. The second kappa shape index (κ2) is 9.03. The first-order valence-electron chi connectivity index (χ1n) is 11.5. The minimum atomic E-state index is -0.893. The molecule has 5 aliphatic rings. The molecule has 3 unspecified atom stereocenters. The maximum Gasteiger partial charge on any atom is 0.332 e. The number of carboxylic acid groups (broad SMARTS) is 1. The smallest absolute Gasteiger partial charge is 0.332 e. The average Bonchev–Trinajstić information content (AvgIpc) is 3.17. The van der Waals surface area contributed by atoms with Gasteiger partial charge in [0.2, 0.25) is 0 Å². The highest BCUT2D eigenvalue weighted by molar-refractivity contribution is 6.04. The number of nitrogens with one attached hydrogen (secondary N) is 1. The average molecular weight is 438 g/mol. The number of nitrogens with zero attached hydrogens (tertiary/aromatic N) is 4. The lowest BCUT2D eigenvalue weighted by Gasteiger charge is -2.45. The molecule has 1 aromatic carbocycles. The van der Waals surface area contributed by atoms with Crippen molar-refractivity contribution in [2.75, 3.05) is 33.3 Å². The van der Waals surface area contributed by atoms with Crippen LogP contribution in [-0.4, -0.2) is 78.4 Å². The summed E-state index contributed by atoms with van der Waals surface area (Å²) in [4.78, 5) is 19.1. The molecule has 0 radical (unpaired) electrons. The van der Waals surface area contributed by atoms with Gasteiger partial charge in [-0.15, -0.1) is 0 Å². The topological polar surface area (TPSA) is 89.8 Å². The molecule has 0 aliphatic carbocycles. The van der Waals surface area contributed by atoms with Gasteiger partial charge in [0, 0.05) is 31.8 Å². The lowest BCUT2D eigenvalue weighted by Crippen LogP contribution is -2.56. The zero-order valence-corrected chi connectivity index (χ0v) is 18.5. The maximum absolute atomic E-state index is 11.9. The van der Waals surface area contributed by atoms with Crippen molar-refractivity contribution < 1.29 is 14.6 Å². The summed E-state index contributed by atoms with van der Waals surface area (Å²) in [5.41, 5.74) is 2.37. The molecule has 8 heteroatoms. The molecule has 6 rings (SSSR count). The van der Waals surface area contributed by atoms with Crippen molar-refractivity contribution in [2.45, 2.75) is 38.0 Å². The number of dihydropyridines is 1. The summed E-state index contributed by atoms with van der Waals surface area (Å²) in [6.07, 6.45) is 6.20. The van der Waals surface area contributed by atoms with E-state index in [1.54, 1.807) is 19.4 Å². The highest BCUT2D eigenvalue weighted by atomic mass is 16.5. The fourth-order valence-corrected chi connectivity index (χ4v) is 5.49. The number of piperidine rings is 3. The molecule has 5 aliphatic heterocycles. The van der Waals surface area contributed by atoms with Crippen molar-refractivity contribution in [1.82, 2.24) is 15.2 Å². The number of allylic oxidation sites excluding steroid dienone is 1. The van der Waals surface area contributed by atoms with E-state index in [9.17, 15) is 9.90 Å². The molecule has 3 atom stereocenters. The quantitative estimate of drug-likeness (QED) is 0.647. The highest BCUT2D eigenvalue weighted by Crippen LogP contribution is 2.34. The minimum Gasteiger partial charge on any atom is -0.497 e. The monoisotopic (exact) mass is 437 g/mol. The van der Waals surface area contributed by atoms with E-state index in [4.69, 9.17) is 9.84 Å². The first-order chi connectivity index (χ1) is 15.6. The molecule has 1 aromatic rings. The van der Waals surface area contributed by atoms with Crippen LogP contribution in [0.1, 0.15) is 24.8 Å². The van der Waals surface area contributed by atoms with Crippen LogP contribution in [0.25, 0.3) is 0 Å². The summed E-state index contributed by atoms with van der Waals surface area (Å²) >= 11 is 0. The first-order valence-corrected chi connectivity index (χ1v) is 11.5. The Bertz CT molecular complexity index is 933. The van der Waals surface area contributed by atoms with E-state index >= 15 is 0 Å². The van der Waals surface area contributed by atoms with Gasteiger partial charge in [0.25, 0.3) is 0 Å². The lowest BCUT2D eigenvalue weighted by molar-refractivity contribution is -0.133. The predicted molar refractivity (Wildman–Crippen MR) is 123 cm³/mol. The number of hydrogen-bond acceptors (Lipinski definition) is 7. The normalized spacial score (nSPS) is 30.7. The standard InChI is InChI=1S/C24H31N5O3/c1-32-18-4-2-16(3-5-18)14-29-23-22(19(24(30)31)6-10-26-23)20(27-29)7-11-25-21-15-28-12-8-17(21)9-13-28/h2-6,10,17,21-23,25H,7-9,11-15H2,1H3,(H,30,31). The summed E-state index contributed by atoms with van der Waals surface area (Å²) in [5.74, 6) is 0.376. The van der Waals surface area contributed by atoms with E-state index < -0.39 is 5.97 Å². The van der Waals surface area contributed by atoms with Gasteiger partial charge in [-0.2, -0.15) is 5.10 Å². The van der Waals surface area contributed by atoms with E-state index in [1.807, 2.05) is 29.3 Å². The Hall–Kier alpha value is -2.71. The van der Waals surface area contributed by atoms with Crippen LogP contribution in [0.4, 0.5) is 0 Å². The van der Waals surface area contributed by atoms with Crippen molar-refractivity contribution in [3.05, 3.63) is 41.5 Å². The number of carbonyl (C=O) groups is 1. The van der Waals surface area contributed by atoms with Crippen molar-refractivity contribution >= 4 is 17.9 Å². The van der Waals surface area contributed by atoms with Gasteiger partial charge in [0.1, 0.15) is 11.9 Å². The molecular weight excluding hydrogens is 406 g/mol. The number of carboxylic acids is 1. The Morgan fingerprint density at radius 2 is 2.03 bits per heavy atom. The molecule has 2 bridgehead atoms. The first kappa shape index (κ1) is 21.2. The molecular formula is C24H31N5O3. The summed E-state index contributed by atoms with van der Waals surface area (Å²) < 4.78 is 5.25. The molecule has 0 saturated carbocycles. The van der Waals surface area contributed by atoms with Crippen LogP contribution >= 0.6 is 0 Å². The Morgan fingerprint density at radius 3 is 2.69 bits per heavy atom. The molecule has 8 nitrogen and oxygen atoms in total. The largest absolute Gasteiger partial charge is 0.497 e. The number of methoxy groups -OCH3 is 1. The van der Waals surface area contributed by atoms with Gasteiger partial charge in [-0.05, 0) is 55.6 Å². The third-order valence-electron chi connectivity index (χ3n) is 7.24. The van der Waals surface area contributed by atoms with Gasteiger partial charge >= 0.3 is 5.97 Å². The predicted octanol–water partition coefficient (Wildman–Crippen LogP) is 1.98. The van der Waals surface area contributed by atoms with Gasteiger partial charge in [0.05, 0.1) is 30.9 Å². The summed E-state index contributed by atoms with van der Waals surface area (Å²) in [5, 5.41) is 20.4. The molecule has 32 heavy (non-hydrogen) atoms. The highest BCUT2D eigenvalue weighted by Gasteiger charge is 2.42. The van der Waals surface area contributed by atoms with E-state index in [0.717, 1.165) is 42.5 Å². The Labute approximate surface area is 188 Å². The van der Waals surface area contributed by atoms with Crippen LogP contribution in [0.5, 0.6) is 5.75 Å². The zero-order chi connectivity index (χ0) is 22.1. The Morgan fingerprint density at radius 1 is 1.25 bits per heavy atom. The van der Waals surface area contributed by atoms with Crippen molar-refractivity contribution in [3.63, 3.8) is 0 Å². The van der Waals surface area contributed by atoms with E-state index in [2.05, 4.69) is 15.2 Å². The number of ether oxygens (including phenoxy) is 1. The molecule has 3 fully saturated rings. The number of aliphatic carboxylic acids is 1. The van der Waals surface area contributed by atoms with E-state index in [1.165, 1.54) is 25.9 Å². The van der Waals surface area contributed by atoms with E-state index in [0.29, 0.717) is 18.2 Å². The third kappa shape index (κ3) is 4.17. The van der Waals surface area contributed by atoms with Crippen molar-refractivity contribution in [1.29, 1.82) is 0 Å². The van der Waals surface area contributed by atoms with Crippen LogP contribution < -0.4 is 10.1 Å².